The molecule has 0 aliphatic heterocycles. The molecule has 2 heterocycles. The molecule has 1 N–H and O–H groups in total. The van der Waals surface area contributed by atoms with Crippen molar-refractivity contribution in [2.24, 2.45) is 0 Å². The van der Waals surface area contributed by atoms with Gasteiger partial charge in [-0.15, -0.1) is 0 Å². The Bertz CT molecular complexity index is 504. The molecule has 2 rings (SSSR count). The SMILES string of the molecule is CCOc1nc(Cl)nc(NC(C)c2ccco2)n1. The minimum atomic E-state index is -0.0760. The van der Waals surface area contributed by atoms with Crippen molar-refractivity contribution in [3.63, 3.8) is 0 Å². The van der Waals surface area contributed by atoms with Gasteiger partial charge < -0.3 is 14.5 Å². The molecule has 0 aliphatic rings. The molecule has 0 saturated heterocycles. The Labute approximate surface area is 109 Å². The summed E-state index contributed by atoms with van der Waals surface area (Å²) in [6.45, 7) is 4.24. The summed E-state index contributed by atoms with van der Waals surface area (Å²) in [4.78, 5) is 11.9. The van der Waals surface area contributed by atoms with E-state index < -0.39 is 0 Å². The number of nitrogens with zero attached hydrogens (tertiary/aromatic N) is 3. The average molecular weight is 269 g/mol. The smallest absolute Gasteiger partial charge is 0.322 e. The van der Waals surface area contributed by atoms with Crippen molar-refractivity contribution in [3.8, 4) is 6.01 Å². The Balaban J connectivity index is 2.13. The molecule has 96 valence electrons. The van der Waals surface area contributed by atoms with E-state index in [1.54, 1.807) is 6.26 Å². The first-order chi connectivity index (χ1) is 8.69. The largest absolute Gasteiger partial charge is 0.467 e. The van der Waals surface area contributed by atoms with Crippen LogP contribution in [0.1, 0.15) is 25.6 Å². The quantitative estimate of drug-likeness (QED) is 0.899. The molecule has 0 bridgehead atoms. The lowest BCUT2D eigenvalue weighted by molar-refractivity contribution is 0.311. The van der Waals surface area contributed by atoms with Gasteiger partial charge >= 0.3 is 6.01 Å². The summed E-state index contributed by atoms with van der Waals surface area (Å²) < 4.78 is 10.5. The average Bonchev–Trinajstić information content (AvgIpc) is 2.81. The second-order valence-electron chi connectivity index (χ2n) is 3.53. The lowest BCUT2D eigenvalue weighted by Crippen LogP contribution is -2.10. The summed E-state index contributed by atoms with van der Waals surface area (Å²) in [5.41, 5.74) is 0. The number of hydrogen-bond donors (Lipinski definition) is 1. The van der Waals surface area contributed by atoms with Crippen LogP contribution in [-0.2, 0) is 0 Å². The highest BCUT2D eigenvalue weighted by atomic mass is 35.5. The maximum atomic E-state index is 5.79. The van der Waals surface area contributed by atoms with E-state index in [2.05, 4.69) is 20.3 Å². The highest BCUT2D eigenvalue weighted by Gasteiger charge is 2.12. The lowest BCUT2D eigenvalue weighted by Gasteiger charge is -2.11. The third-order valence-electron chi connectivity index (χ3n) is 2.18. The molecule has 0 aliphatic carbocycles. The molecule has 1 unspecified atom stereocenters. The topological polar surface area (TPSA) is 73.1 Å². The Morgan fingerprint density at radius 2 is 2.28 bits per heavy atom. The van der Waals surface area contributed by atoms with Gasteiger partial charge in [0.1, 0.15) is 5.76 Å². The zero-order chi connectivity index (χ0) is 13.0. The van der Waals surface area contributed by atoms with Crippen LogP contribution in [0.3, 0.4) is 0 Å². The molecule has 18 heavy (non-hydrogen) atoms. The number of hydrogen-bond acceptors (Lipinski definition) is 6. The molecule has 0 radical (unpaired) electrons. The van der Waals surface area contributed by atoms with Gasteiger partial charge in [0.15, 0.2) is 0 Å². The molecular weight excluding hydrogens is 256 g/mol. The number of rotatable bonds is 5. The lowest BCUT2D eigenvalue weighted by atomic mass is 10.2. The molecular formula is C11H13ClN4O2. The van der Waals surface area contributed by atoms with Crippen LogP contribution in [0.2, 0.25) is 5.28 Å². The van der Waals surface area contributed by atoms with E-state index in [1.807, 2.05) is 26.0 Å². The molecule has 6 nitrogen and oxygen atoms in total. The molecule has 0 aromatic carbocycles. The van der Waals surface area contributed by atoms with Crippen molar-refractivity contribution >= 4 is 17.5 Å². The minimum absolute atomic E-state index is 0.0760. The zero-order valence-electron chi connectivity index (χ0n) is 10.1. The van der Waals surface area contributed by atoms with Crippen LogP contribution in [0.15, 0.2) is 22.8 Å². The third-order valence-corrected chi connectivity index (χ3v) is 2.35. The maximum absolute atomic E-state index is 5.79. The van der Waals surface area contributed by atoms with Crippen molar-refractivity contribution in [1.82, 2.24) is 15.0 Å². The maximum Gasteiger partial charge on any atom is 0.322 e. The summed E-state index contributed by atoms with van der Waals surface area (Å²) in [6.07, 6.45) is 1.61. The van der Waals surface area contributed by atoms with Crippen molar-refractivity contribution in [1.29, 1.82) is 0 Å². The summed E-state index contributed by atoms with van der Waals surface area (Å²) in [7, 11) is 0. The van der Waals surface area contributed by atoms with Crippen LogP contribution in [0.4, 0.5) is 5.95 Å². The number of anilines is 1. The normalized spacial score (nSPS) is 12.2. The Hall–Kier alpha value is -1.82. The van der Waals surface area contributed by atoms with Gasteiger partial charge in [0.2, 0.25) is 11.2 Å². The summed E-state index contributed by atoms with van der Waals surface area (Å²) in [5.74, 6) is 1.13. The van der Waals surface area contributed by atoms with Crippen molar-refractivity contribution in [3.05, 3.63) is 29.4 Å². The first-order valence-electron chi connectivity index (χ1n) is 5.53. The van der Waals surface area contributed by atoms with Gasteiger partial charge in [-0.3, -0.25) is 0 Å². The van der Waals surface area contributed by atoms with Crippen LogP contribution in [-0.4, -0.2) is 21.6 Å². The predicted molar refractivity (Wildman–Crippen MR) is 66.8 cm³/mol. The second kappa shape index (κ2) is 5.68. The van der Waals surface area contributed by atoms with Crippen LogP contribution in [0, 0.1) is 0 Å². The first kappa shape index (κ1) is 12.6. The summed E-state index contributed by atoms with van der Waals surface area (Å²) >= 11 is 5.79. The Morgan fingerprint density at radius 1 is 1.44 bits per heavy atom. The van der Waals surface area contributed by atoms with Crippen molar-refractivity contribution < 1.29 is 9.15 Å². The van der Waals surface area contributed by atoms with Crippen LogP contribution in [0.5, 0.6) is 6.01 Å². The van der Waals surface area contributed by atoms with E-state index in [1.165, 1.54) is 0 Å². The highest BCUT2D eigenvalue weighted by molar-refractivity contribution is 6.28. The Morgan fingerprint density at radius 3 is 2.94 bits per heavy atom. The number of nitrogens with one attached hydrogen (secondary N) is 1. The predicted octanol–water partition coefficient (Wildman–Crippen LogP) is 2.69. The molecule has 2 aromatic rings. The van der Waals surface area contributed by atoms with Gasteiger partial charge in [0, 0.05) is 0 Å². The third kappa shape index (κ3) is 3.10. The first-order valence-corrected chi connectivity index (χ1v) is 5.91. The van der Waals surface area contributed by atoms with Crippen LogP contribution >= 0.6 is 11.6 Å². The molecule has 0 saturated carbocycles. The van der Waals surface area contributed by atoms with Gasteiger partial charge in [0.25, 0.3) is 0 Å². The van der Waals surface area contributed by atoms with Crippen molar-refractivity contribution in [2.45, 2.75) is 19.9 Å². The molecule has 2 aromatic heterocycles. The van der Waals surface area contributed by atoms with E-state index >= 15 is 0 Å². The fourth-order valence-electron chi connectivity index (χ4n) is 1.39. The molecule has 1 atom stereocenters. The van der Waals surface area contributed by atoms with E-state index in [0.717, 1.165) is 5.76 Å². The van der Waals surface area contributed by atoms with Gasteiger partial charge in [-0.25, -0.2) is 0 Å². The van der Waals surface area contributed by atoms with E-state index in [-0.39, 0.29) is 17.3 Å². The van der Waals surface area contributed by atoms with Crippen molar-refractivity contribution in [2.75, 3.05) is 11.9 Å². The Kier molecular flexibility index (Phi) is 3.99. The number of ether oxygens (including phenoxy) is 1. The molecule has 7 heteroatoms. The van der Waals surface area contributed by atoms with Gasteiger partial charge in [-0.2, -0.15) is 15.0 Å². The minimum Gasteiger partial charge on any atom is -0.467 e. The molecule has 0 amide bonds. The van der Waals surface area contributed by atoms with Gasteiger partial charge in [0.05, 0.1) is 18.9 Å². The van der Waals surface area contributed by atoms with Gasteiger partial charge in [-0.1, -0.05) is 0 Å². The number of halogens is 1. The van der Waals surface area contributed by atoms with Crippen LogP contribution < -0.4 is 10.1 Å². The monoisotopic (exact) mass is 268 g/mol. The van der Waals surface area contributed by atoms with Gasteiger partial charge in [-0.05, 0) is 37.6 Å². The second-order valence-corrected chi connectivity index (χ2v) is 3.86. The summed E-state index contributed by atoms with van der Waals surface area (Å²) in [6, 6.07) is 3.81. The summed E-state index contributed by atoms with van der Waals surface area (Å²) in [5, 5.41) is 3.15. The van der Waals surface area contributed by atoms with E-state index in [9.17, 15) is 0 Å². The fourth-order valence-corrected chi connectivity index (χ4v) is 1.54. The molecule has 0 spiro atoms. The zero-order valence-corrected chi connectivity index (χ0v) is 10.8. The standard InChI is InChI=1S/C11H13ClN4O2/c1-3-17-11-15-9(12)14-10(16-11)13-7(2)8-5-4-6-18-8/h4-7H,3H2,1-2H3,(H,13,14,15,16). The molecule has 0 fully saturated rings. The number of aromatic nitrogens is 3. The van der Waals surface area contributed by atoms with E-state index in [0.29, 0.717) is 12.6 Å². The highest BCUT2D eigenvalue weighted by Crippen LogP contribution is 2.19. The van der Waals surface area contributed by atoms with E-state index in [4.69, 9.17) is 20.8 Å². The fraction of sp³-hybridized carbons (Fsp3) is 0.364. The number of furan rings is 1. The van der Waals surface area contributed by atoms with Crippen LogP contribution in [0.25, 0.3) is 0 Å².